The molecule has 1 radical (unpaired) electrons. The first-order valence-corrected chi connectivity index (χ1v) is 6.72. The summed E-state index contributed by atoms with van der Waals surface area (Å²) < 4.78 is 45.5. The Morgan fingerprint density at radius 2 is 1.64 bits per heavy atom. The molecule has 0 fully saturated rings. The molecule has 2 rings (SSSR count). The second-order valence-corrected chi connectivity index (χ2v) is 4.81. The molecule has 0 aliphatic carbocycles. The van der Waals surface area contributed by atoms with E-state index in [0.29, 0.717) is 0 Å². The van der Waals surface area contributed by atoms with Gasteiger partial charge >= 0.3 is 6.36 Å². The predicted octanol–water partition coefficient (Wildman–Crippen LogP) is 4.95. The van der Waals surface area contributed by atoms with Crippen molar-refractivity contribution in [1.82, 2.24) is 0 Å². The Bertz CT molecular complexity index is 606. The number of alkyl halides is 3. The normalized spacial score (nSPS) is 12.8. The van der Waals surface area contributed by atoms with Crippen LogP contribution in [0.2, 0.25) is 0 Å². The summed E-state index contributed by atoms with van der Waals surface area (Å²) in [6, 6.07) is 13.4. The van der Waals surface area contributed by atoms with E-state index in [1.165, 1.54) is 12.1 Å². The fourth-order valence-electron chi connectivity index (χ4n) is 2.20. The highest BCUT2D eigenvalue weighted by Crippen LogP contribution is 2.31. The van der Waals surface area contributed by atoms with E-state index in [1.807, 2.05) is 37.6 Å². The molecule has 22 heavy (non-hydrogen) atoms. The van der Waals surface area contributed by atoms with Gasteiger partial charge < -0.3 is 9.47 Å². The highest BCUT2D eigenvalue weighted by atomic mass is 19.4. The summed E-state index contributed by atoms with van der Waals surface area (Å²) in [6.45, 7) is 2.00. The minimum atomic E-state index is -4.67. The van der Waals surface area contributed by atoms with Crippen molar-refractivity contribution in [1.29, 1.82) is 0 Å². The molecule has 0 N–H and O–H groups in total. The monoisotopic (exact) mass is 309 g/mol. The van der Waals surface area contributed by atoms with E-state index in [-0.39, 0.29) is 11.7 Å². The molecule has 2 nitrogen and oxygen atoms in total. The largest absolute Gasteiger partial charge is 0.573 e. The molecule has 0 bridgehead atoms. The zero-order valence-corrected chi connectivity index (χ0v) is 12.2. The Balaban J connectivity index is 2.07. The summed E-state index contributed by atoms with van der Waals surface area (Å²) in [7, 11) is 1.61. The molecule has 0 amide bonds. The third-order valence-electron chi connectivity index (χ3n) is 3.19. The summed E-state index contributed by atoms with van der Waals surface area (Å²) in [5.41, 5.74) is 1.83. The van der Waals surface area contributed by atoms with Gasteiger partial charge in [0.05, 0.1) is 7.11 Å². The van der Waals surface area contributed by atoms with Crippen LogP contribution in [0.5, 0.6) is 11.5 Å². The molecule has 0 heterocycles. The molecule has 0 aliphatic rings. The van der Waals surface area contributed by atoms with Gasteiger partial charge in [-0.15, -0.1) is 13.2 Å². The molecule has 1 atom stereocenters. The molecular weight excluding hydrogens is 293 g/mol. The van der Waals surface area contributed by atoms with E-state index < -0.39 is 6.36 Å². The Morgan fingerprint density at radius 1 is 1.00 bits per heavy atom. The number of hydrogen-bond acceptors (Lipinski definition) is 2. The van der Waals surface area contributed by atoms with Crippen LogP contribution in [0.15, 0.2) is 48.5 Å². The third kappa shape index (κ3) is 4.41. The van der Waals surface area contributed by atoms with Crippen molar-refractivity contribution < 1.29 is 22.6 Å². The van der Waals surface area contributed by atoms with Crippen LogP contribution in [0.3, 0.4) is 0 Å². The highest BCUT2D eigenvalue weighted by molar-refractivity contribution is 5.41. The lowest BCUT2D eigenvalue weighted by atomic mass is 9.93. The van der Waals surface area contributed by atoms with Gasteiger partial charge in [-0.05, 0) is 41.7 Å². The van der Waals surface area contributed by atoms with Crippen LogP contribution in [0, 0.1) is 6.42 Å². The first-order chi connectivity index (χ1) is 10.4. The Labute approximate surface area is 127 Å². The van der Waals surface area contributed by atoms with E-state index in [9.17, 15) is 13.2 Å². The number of hydrogen-bond donors (Lipinski definition) is 0. The number of para-hydroxylation sites is 1. The van der Waals surface area contributed by atoms with Crippen LogP contribution in [-0.4, -0.2) is 13.5 Å². The second kappa shape index (κ2) is 6.73. The maximum atomic E-state index is 12.1. The zero-order chi connectivity index (χ0) is 16.2. The SMILES string of the molecule is COc1ccccc1[C@@H](C)[CH]c1ccc(OC(F)(F)F)cc1. The van der Waals surface area contributed by atoms with Crippen molar-refractivity contribution in [2.45, 2.75) is 19.2 Å². The number of benzene rings is 2. The number of rotatable bonds is 5. The fraction of sp³-hybridized carbons (Fsp3) is 0.235. The van der Waals surface area contributed by atoms with Gasteiger partial charge in [0.1, 0.15) is 11.5 Å². The van der Waals surface area contributed by atoms with Gasteiger partial charge in [0.25, 0.3) is 0 Å². The van der Waals surface area contributed by atoms with E-state index in [2.05, 4.69) is 4.74 Å². The molecular formula is C17H16F3O2. The van der Waals surface area contributed by atoms with Crippen LogP contribution in [0.1, 0.15) is 24.0 Å². The van der Waals surface area contributed by atoms with Crippen molar-refractivity contribution in [2.75, 3.05) is 7.11 Å². The molecule has 5 heteroatoms. The van der Waals surface area contributed by atoms with Crippen molar-refractivity contribution in [3.8, 4) is 11.5 Å². The summed E-state index contributed by atoms with van der Waals surface area (Å²) in [4.78, 5) is 0. The van der Waals surface area contributed by atoms with Gasteiger partial charge in [-0.2, -0.15) is 0 Å². The van der Waals surface area contributed by atoms with E-state index >= 15 is 0 Å². The van der Waals surface area contributed by atoms with Crippen molar-refractivity contribution in [3.63, 3.8) is 0 Å². The van der Waals surface area contributed by atoms with Crippen LogP contribution in [0.4, 0.5) is 13.2 Å². The lowest BCUT2D eigenvalue weighted by molar-refractivity contribution is -0.274. The minimum Gasteiger partial charge on any atom is -0.496 e. The Morgan fingerprint density at radius 3 is 2.23 bits per heavy atom. The second-order valence-electron chi connectivity index (χ2n) is 4.81. The van der Waals surface area contributed by atoms with Crippen LogP contribution >= 0.6 is 0 Å². The standard InChI is InChI=1S/C17H16F3O2/c1-12(15-5-3-4-6-16(15)21-2)11-13-7-9-14(10-8-13)22-17(18,19)20/h3-12H,1-2H3/t12-/m0/s1. The molecule has 2 aromatic rings. The maximum absolute atomic E-state index is 12.1. The number of halogens is 3. The molecule has 0 aliphatic heterocycles. The fourth-order valence-corrected chi connectivity index (χ4v) is 2.20. The number of ether oxygens (including phenoxy) is 2. The summed E-state index contributed by atoms with van der Waals surface area (Å²) >= 11 is 0. The van der Waals surface area contributed by atoms with Crippen LogP contribution in [-0.2, 0) is 0 Å². The van der Waals surface area contributed by atoms with Crippen LogP contribution in [0.25, 0.3) is 0 Å². The van der Waals surface area contributed by atoms with Crippen LogP contribution < -0.4 is 9.47 Å². The summed E-state index contributed by atoms with van der Waals surface area (Å²) in [5.74, 6) is 0.614. The van der Waals surface area contributed by atoms with E-state index in [0.717, 1.165) is 16.9 Å². The molecule has 117 valence electrons. The Kier molecular flexibility index (Phi) is 4.96. The van der Waals surface area contributed by atoms with Crippen molar-refractivity contribution in [2.24, 2.45) is 0 Å². The van der Waals surface area contributed by atoms with Gasteiger partial charge in [0, 0.05) is 0 Å². The van der Waals surface area contributed by atoms with Gasteiger partial charge in [-0.25, -0.2) is 0 Å². The third-order valence-corrected chi connectivity index (χ3v) is 3.19. The van der Waals surface area contributed by atoms with Crippen molar-refractivity contribution >= 4 is 0 Å². The first-order valence-electron chi connectivity index (χ1n) is 6.72. The lowest BCUT2D eigenvalue weighted by Gasteiger charge is -2.15. The quantitative estimate of drug-likeness (QED) is 0.778. The van der Waals surface area contributed by atoms with Crippen molar-refractivity contribution in [3.05, 3.63) is 66.1 Å². The topological polar surface area (TPSA) is 18.5 Å². The Hall–Kier alpha value is -2.17. The van der Waals surface area contributed by atoms with E-state index in [4.69, 9.17) is 4.74 Å². The van der Waals surface area contributed by atoms with Gasteiger partial charge in [-0.3, -0.25) is 0 Å². The average molecular weight is 309 g/mol. The minimum absolute atomic E-state index is 0.0607. The smallest absolute Gasteiger partial charge is 0.496 e. The molecule has 0 saturated heterocycles. The summed E-state index contributed by atoms with van der Waals surface area (Å²) in [5, 5.41) is 0. The molecule has 0 aromatic heterocycles. The predicted molar refractivity (Wildman–Crippen MR) is 77.9 cm³/mol. The molecule has 0 saturated carbocycles. The van der Waals surface area contributed by atoms with E-state index in [1.54, 1.807) is 19.2 Å². The highest BCUT2D eigenvalue weighted by Gasteiger charge is 2.30. The number of methoxy groups -OCH3 is 1. The van der Waals surface area contributed by atoms with Gasteiger partial charge in [0.15, 0.2) is 0 Å². The molecule has 2 aromatic carbocycles. The van der Waals surface area contributed by atoms with Gasteiger partial charge in [0.2, 0.25) is 0 Å². The average Bonchev–Trinajstić information content (AvgIpc) is 2.47. The summed E-state index contributed by atoms with van der Waals surface area (Å²) in [6.07, 6.45) is -2.72. The molecule has 0 unspecified atom stereocenters. The lowest BCUT2D eigenvalue weighted by Crippen LogP contribution is -2.17. The first kappa shape index (κ1) is 16.2. The zero-order valence-electron chi connectivity index (χ0n) is 12.2. The van der Waals surface area contributed by atoms with Gasteiger partial charge in [-0.1, -0.05) is 37.3 Å². The molecule has 0 spiro atoms. The maximum Gasteiger partial charge on any atom is 0.573 e.